The molecule has 0 aliphatic rings. The lowest BCUT2D eigenvalue weighted by atomic mass is 10.2. The SMILES string of the molecule is CCCCCN(C)S(=O)(=O)c1cnn(CCCNCC)c1. The Morgan fingerprint density at radius 1 is 1.29 bits per heavy atom. The summed E-state index contributed by atoms with van der Waals surface area (Å²) in [5, 5.41) is 7.38. The van der Waals surface area contributed by atoms with Crippen molar-refractivity contribution in [2.45, 2.75) is 51.0 Å². The Kier molecular flexibility index (Phi) is 7.92. The summed E-state index contributed by atoms with van der Waals surface area (Å²) in [4.78, 5) is 0.282. The summed E-state index contributed by atoms with van der Waals surface area (Å²) in [5.74, 6) is 0. The first kappa shape index (κ1) is 18.1. The highest BCUT2D eigenvalue weighted by atomic mass is 32.2. The molecule has 1 aromatic heterocycles. The number of hydrogen-bond acceptors (Lipinski definition) is 4. The summed E-state index contributed by atoms with van der Waals surface area (Å²) in [6.07, 6.45) is 7.02. The summed E-state index contributed by atoms with van der Waals surface area (Å²) >= 11 is 0. The van der Waals surface area contributed by atoms with Gasteiger partial charge in [-0.2, -0.15) is 5.10 Å². The highest BCUT2D eigenvalue weighted by molar-refractivity contribution is 7.89. The number of rotatable bonds is 11. The van der Waals surface area contributed by atoms with Gasteiger partial charge >= 0.3 is 0 Å². The summed E-state index contributed by atoms with van der Waals surface area (Å²) < 4.78 is 27.9. The summed E-state index contributed by atoms with van der Waals surface area (Å²) in [5.41, 5.74) is 0. The van der Waals surface area contributed by atoms with Crippen LogP contribution in [0.15, 0.2) is 17.3 Å². The molecule has 0 fully saturated rings. The third kappa shape index (κ3) is 5.76. The van der Waals surface area contributed by atoms with Crippen molar-refractivity contribution in [2.24, 2.45) is 0 Å². The number of sulfonamides is 1. The maximum absolute atomic E-state index is 12.4. The highest BCUT2D eigenvalue weighted by Crippen LogP contribution is 2.14. The molecule has 1 N–H and O–H groups in total. The fourth-order valence-corrected chi connectivity index (χ4v) is 3.19. The fraction of sp³-hybridized carbons (Fsp3) is 0.786. The van der Waals surface area contributed by atoms with Crippen LogP contribution in [0.1, 0.15) is 39.5 Å². The molecule has 0 amide bonds. The smallest absolute Gasteiger partial charge is 0.245 e. The molecular formula is C14H28N4O2S. The molecule has 0 unspecified atom stereocenters. The first-order valence-electron chi connectivity index (χ1n) is 7.71. The third-order valence-corrected chi connectivity index (χ3v) is 5.19. The number of unbranched alkanes of at least 4 members (excludes halogenated alkanes) is 2. The summed E-state index contributed by atoms with van der Waals surface area (Å²) in [7, 11) is -1.77. The first-order chi connectivity index (χ1) is 10.0. The second kappa shape index (κ2) is 9.17. The molecule has 1 rings (SSSR count). The molecule has 0 aliphatic heterocycles. The van der Waals surface area contributed by atoms with Gasteiger partial charge in [0.25, 0.3) is 0 Å². The van der Waals surface area contributed by atoms with Crippen molar-refractivity contribution < 1.29 is 8.42 Å². The minimum absolute atomic E-state index is 0.282. The standard InChI is InChI=1S/C14H28N4O2S/c1-4-6-7-10-17(3)21(19,20)14-12-16-18(13-14)11-8-9-15-5-2/h12-13,15H,4-11H2,1-3H3. The van der Waals surface area contributed by atoms with Crippen molar-refractivity contribution in [3.05, 3.63) is 12.4 Å². The Labute approximate surface area is 128 Å². The van der Waals surface area contributed by atoms with Gasteiger partial charge in [-0.3, -0.25) is 4.68 Å². The predicted molar refractivity (Wildman–Crippen MR) is 84.7 cm³/mol. The lowest BCUT2D eigenvalue weighted by molar-refractivity contribution is 0.454. The van der Waals surface area contributed by atoms with Gasteiger partial charge in [-0.1, -0.05) is 26.7 Å². The number of aryl methyl sites for hydroxylation is 1. The molecule has 0 spiro atoms. The van der Waals surface area contributed by atoms with Crippen LogP contribution in [0.25, 0.3) is 0 Å². The normalized spacial score (nSPS) is 12.2. The van der Waals surface area contributed by atoms with E-state index >= 15 is 0 Å². The van der Waals surface area contributed by atoms with Gasteiger partial charge in [0.15, 0.2) is 0 Å². The molecule has 122 valence electrons. The molecule has 0 aromatic carbocycles. The monoisotopic (exact) mass is 316 g/mol. The van der Waals surface area contributed by atoms with E-state index in [0.717, 1.165) is 45.3 Å². The molecule has 1 aromatic rings. The number of nitrogens with one attached hydrogen (secondary N) is 1. The summed E-state index contributed by atoms with van der Waals surface area (Å²) in [6.45, 7) is 7.30. The highest BCUT2D eigenvalue weighted by Gasteiger charge is 2.21. The molecular weight excluding hydrogens is 288 g/mol. The number of hydrogen-bond donors (Lipinski definition) is 1. The van der Waals surface area contributed by atoms with Crippen molar-refractivity contribution in [1.82, 2.24) is 19.4 Å². The lowest BCUT2D eigenvalue weighted by Gasteiger charge is -2.15. The van der Waals surface area contributed by atoms with Crippen molar-refractivity contribution in [3.63, 3.8) is 0 Å². The van der Waals surface area contributed by atoms with Crippen LogP contribution in [-0.4, -0.2) is 49.2 Å². The van der Waals surface area contributed by atoms with E-state index in [0.29, 0.717) is 6.54 Å². The second-order valence-corrected chi connectivity index (χ2v) is 7.22. The van der Waals surface area contributed by atoms with E-state index in [4.69, 9.17) is 0 Å². The lowest BCUT2D eigenvalue weighted by Crippen LogP contribution is -2.27. The predicted octanol–water partition coefficient (Wildman–Crippen LogP) is 1.69. The minimum atomic E-state index is -3.40. The van der Waals surface area contributed by atoms with Crippen LogP contribution in [-0.2, 0) is 16.6 Å². The molecule has 7 heteroatoms. The Hall–Kier alpha value is -0.920. The molecule has 0 saturated heterocycles. The average Bonchev–Trinajstić information content (AvgIpc) is 2.93. The quantitative estimate of drug-likeness (QED) is 0.631. The summed E-state index contributed by atoms with van der Waals surface area (Å²) in [6, 6.07) is 0. The molecule has 21 heavy (non-hydrogen) atoms. The largest absolute Gasteiger partial charge is 0.317 e. The van der Waals surface area contributed by atoms with Crippen molar-refractivity contribution >= 4 is 10.0 Å². The van der Waals surface area contributed by atoms with E-state index in [1.807, 2.05) is 0 Å². The Morgan fingerprint density at radius 2 is 2.05 bits per heavy atom. The van der Waals surface area contributed by atoms with Gasteiger partial charge in [-0.15, -0.1) is 0 Å². The van der Waals surface area contributed by atoms with E-state index in [1.165, 1.54) is 10.5 Å². The van der Waals surface area contributed by atoms with E-state index in [1.54, 1.807) is 17.9 Å². The molecule has 0 saturated carbocycles. The van der Waals surface area contributed by atoms with Crippen LogP contribution in [0.4, 0.5) is 0 Å². The van der Waals surface area contributed by atoms with Crippen LogP contribution in [0.3, 0.4) is 0 Å². The maximum Gasteiger partial charge on any atom is 0.245 e. The van der Waals surface area contributed by atoms with E-state index in [2.05, 4.69) is 24.3 Å². The molecule has 6 nitrogen and oxygen atoms in total. The van der Waals surface area contributed by atoms with E-state index in [-0.39, 0.29) is 4.90 Å². The van der Waals surface area contributed by atoms with Crippen LogP contribution in [0, 0.1) is 0 Å². The van der Waals surface area contributed by atoms with E-state index in [9.17, 15) is 8.42 Å². The Bertz CT molecular complexity index is 499. The van der Waals surface area contributed by atoms with Gasteiger partial charge in [0.05, 0.1) is 6.20 Å². The van der Waals surface area contributed by atoms with Crippen LogP contribution >= 0.6 is 0 Å². The van der Waals surface area contributed by atoms with E-state index < -0.39 is 10.0 Å². The van der Waals surface area contributed by atoms with Gasteiger partial charge in [-0.25, -0.2) is 12.7 Å². The van der Waals surface area contributed by atoms with Crippen LogP contribution < -0.4 is 5.32 Å². The fourth-order valence-electron chi connectivity index (χ4n) is 2.03. The maximum atomic E-state index is 12.4. The number of aromatic nitrogens is 2. The average molecular weight is 316 g/mol. The van der Waals surface area contributed by atoms with Gasteiger partial charge < -0.3 is 5.32 Å². The van der Waals surface area contributed by atoms with Gasteiger partial charge in [0, 0.05) is 26.3 Å². The van der Waals surface area contributed by atoms with Gasteiger partial charge in [0.2, 0.25) is 10.0 Å². The number of nitrogens with zero attached hydrogens (tertiary/aromatic N) is 3. The minimum Gasteiger partial charge on any atom is -0.317 e. The molecule has 0 atom stereocenters. The van der Waals surface area contributed by atoms with Crippen molar-refractivity contribution in [3.8, 4) is 0 Å². The third-order valence-electron chi connectivity index (χ3n) is 3.39. The molecule has 0 bridgehead atoms. The van der Waals surface area contributed by atoms with Crippen LogP contribution in [0.2, 0.25) is 0 Å². The van der Waals surface area contributed by atoms with Crippen molar-refractivity contribution in [2.75, 3.05) is 26.7 Å². The topological polar surface area (TPSA) is 67.2 Å². The zero-order valence-corrected chi connectivity index (χ0v) is 14.2. The van der Waals surface area contributed by atoms with Gasteiger partial charge in [0.1, 0.15) is 4.90 Å². The zero-order valence-electron chi connectivity index (χ0n) is 13.4. The molecule has 0 radical (unpaired) electrons. The molecule has 1 heterocycles. The first-order valence-corrected chi connectivity index (χ1v) is 9.15. The van der Waals surface area contributed by atoms with Crippen LogP contribution in [0.5, 0.6) is 0 Å². The zero-order chi connectivity index (χ0) is 15.7. The second-order valence-electron chi connectivity index (χ2n) is 5.18. The van der Waals surface area contributed by atoms with Gasteiger partial charge in [-0.05, 0) is 25.9 Å². The van der Waals surface area contributed by atoms with Crippen molar-refractivity contribution in [1.29, 1.82) is 0 Å². The Morgan fingerprint density at radius 3 is 2.71 bits per heavy atom. The Balaban J connectivity index is 2.56. The molecule has 0 aliphatic carbocycles.